The molecule has 1 saturated carbocycles. The number of hydrogen-bond donors (Lipinski definition) is 1. The van der Waals surface area contributed by atoms with Gasteiger partial charge in [0.25, 0.3) is 5.91 Å². The maximum Gasteiger partial charge on any atom is 0.309 e. The van der Waals surface area contributed by atoms with Gasteiger partial charge in [-0.2, -0.15) is 0 Å². The SMILES string of the molecule is COc1cccc(NC(=O)COC(=O)C2CCCC2)c1. The number of carbonyl (C=O) groups is 2. The lowest BCUT2D eigenvalue weighted by Gasteiger charge is -2.10. The monoisotopic (exact) mass is 277 g/mol. The fourth-order valence-electron chi connectivity index (χ4n) is 2.31. The van der Waals surface area contributed by atoms with E-state index in [2.05, 4.69) is 5.32 Å². The summed E-state index contributed by atoms with van der Waals surface area (Å²) in [7, 11) is 1.56. The van der Waals surface area contributed by atoms with Crippen molar-refractivity contribution in [2.75, 3.05) is 19.0 Å². The highest BCUT2D eigenvalue weighted by atomic mass is 16.5. The van der Waals surface area contributed by atoms with Crippen LogP contribution in [0.1, 0.15) is 25.7 Å². The molecule has 1 aromatic rings. The zero-order valence-corrected chi connectivity index (χ0v) is 11.6. The largest absolute Gasteiger partial charge is 0.497 e. The fourth-order valence-corrected chi connectivity index (χ4v) is 2.31. The van der Waals surface area contributed by atoms with Crippen LogP contribution in [0.15, 0.2) is 24.3 Å². The highest BCUT2D eigenvalue weighted by Crippen LogP contribution is 2.25. The summed E-state index contributed by atoms with van der Waals surface area (Å²) in [5, 5.41) is 2.67. The molecule has 108 valence electrons. The Morgan fingerprint density at radius 1 is 1.30 bits per heavy atom. The molecule has 0 spiro atoms. The molecular weight excluding hydrogens is 258 g/mol. The first kappa shape index (κ1) is 14.4. The summed E-state index contributed by atoms with van der Waals surface area (Å²) in [6, 6.07) is 7.02. The van der Waals surface area contributed by atoms with E-state index in [0.29, 0.717) is 11.4 Å². The molecule has 0 aliphatic heterocycles. The third-order valence-corrected chi connectivity index (χ3v) is 3.39. The van der Waals surface area contributed by atoms with Crippen molar-refractivity contribution in [3.05, 3.63) is 24.3 Å². The number of hydrogen-bond acceptors (Lipinski definition) is 4. The van der Waals surface area contributed by atoms with E-state index in [9.17, 15) is 9.59 Å². The molecule has 1 aromatic carbocycles. The molecule has 1 amide bonds. The second kappa shape index (κ2) is 6.93. The van der Waals surface area contributed by atoms with Crippen molar-refractivity contribution in [1.82, 2.24) is 0 Å². The molecule has 1 aliphatic carbocycles. The number of esters is 1. The highest BCUT2D eigenvalue weighted by molar-refractivity contribution is 5.93. The van der Waals surface area contributed by atoms with Crippen molar-refractivity contribution < 1.29 is 19.1 Å². The average Bonchev–Trinajstić information content (AvgIpc) is 2.99. The van der Waals surface area contributed by atoms with Crippen LogP contribution in [0.5, 0.6) is 5.75 Å². The van der Waals surface area contributed by atoms with Crippen LogP contribution >= 0.6 is 0 Å². The molecule has 0 unspecified atom stereocenters. The standard InChI is InChI=1S/C15H19NO4/c1-19-13-8-4-7-12(9-13)16-14(17)10-20-15(18)11-5-2-3-6-11/h4,7-9,11H,2-3,5-6,10H2,1H3,(H,16,17). The van der Waals surface area contributed by atoms with Gasteiger partial charge in [-0.1, -0.05) is 18.9 Å². The molecule has 0 bridgehead atoms. The average molecular weight is 277 g/mol. The lowest BCUT2D eigenvalue weighted by Crippen LogP contribution is -2.23. The molecule has 1 fully saturated rings. The smallest absolute Gasteiger partial charge is 0.309 e. The third-order valence-electron chi connectivity index (χ3n) is 3.39. The van der Waals surface area contributed by atoms with Crippen LogP contribution in [0.2, 0.25) is 0 Å². The Morgan fingerprint density at radius 2 is 2.05 bits per heavy atom. The van der Waals surface area contributed by atoms with Crippen molar-refractivity contribution >= 4 is 17.6 Å². The minimum atomic E-state index is -0.343. The second-order valence-corrected chi connectivity index (χ2v) is 4.87. The van der Waals surface area contributed by atoms with Crippen molar-refractivity contribution in [3.8, 4) is 5.75 Å². The van der Waals surface area contributed by atoms with Crippen LogP contribution in [0.4, 0.5) is 5.69 Å². The lowest BCUT2D eigenvalue weighted by molar-refractivity contribution is -0.151. The number of nitrogens with one attached hydrogen (secondary N) is 1. The fraction of sp³-hybridized carbons (Fsp3) is 0.467. The Kier molecular flexibility index (Phi) is 4.98. The molecule has 0 radical (unpaired) electrons. The first-order valence-electron chi connectivity index (χ1n) is 6.79. The van der Waals surface area contributed by atoms with Gasteiger partial charge < -0.3 is 14.8 Å². The van der Waals surface area contributed by atoms with Gasteiger partial charge in [0.1, 0.15) is 5.75 Å². The summed E-state index contributed by atoms with van der Waals surface area (Å²) in [6.45, 7) is -0.244. The Hall–Kier alpha value is -2.04. The van der Waals surface area contributed by atoms with Gasteiger partial charge >= 0.3 is 5.97 Å². The number of anilines is 1. The van der Waals surface area contributed by atoms with Crippen LogP contribution in [0.3, 0.4) is 0 Å². The number of carbonyl (C=O) groups excluding carboxylic acids is 2. The van der Waals surface area contributed by atoms with E-state index in [0.717, 1.165) is 25.7 Å². The summed E-state index contributed by atoms with van der Waals surface area (Å²) >= 11 is 0. The van der Waals surface area contributed by atoms with Gasteiger partial charge in [0, 0.05) is 11.8 Å². The van der Waals surface area contributed by atoms with E-state index < -0.39 is 0 Å². The lowest BCUT2D eigenvalue weighted by atomic mass is 10.1. The van der Waals surface area contributed by atoms with E-state index in [1.807, 2.05) is 0 Å². The van der Waals surface area contributed by atoms with Gasteiger partial charge in [-0.05, 0) is 25.0 Å². The van der Waals surface area contributed by atoms with Crippen molar-refractivity contribution in [1.29, 1.82) is 0 Å². The maximum atomic E-state index is 11.7. The van der Waals surface area contributed by atoms with Crippen LogP contribution in [-0.4, -0.2) is 25.6 Å². The molecule has 2 rings (SSSR count). The van der Waals surface area contributed by atoms with E-state index in [1.54, 1.807) is 31.4 Å². The minimum absolute atomic E-state index is 0.0281. The van der Waals surface area contributed by atoms with Crippen molar-refractivity contribution in [2.24, 2.45) is 5.92 Å². The number of amides is 1. The van der Waals surface area contributed by atoms with Crippen LogP contribution in [-0.2, 0) is 14.3 Å². The Bertz CT molecular complexity index is 481. The van der Waals surface area contributed by atoms with E-state index in [1.165, 1.54) is 0 Å². The number of rotatable bonds is 5. The van der Waals surface area contributed by atoms with Crippen molar-refractivity contribution in [2.45, 2.75) is 25.7 Å². The summed E-state index contributed by atoms with van der Waals surface area (Å²) in [4.78, 5) is 23.4. The van der Waals surface area contributed by atoms with E-state index >= 15 is 0 Å². The molecule has 0 saturated heterocycles. The number of benzene rings is 1. The van der Waals surface area contributed by atoms with Gasteiger partial charge in [-0.3, -0.25) is 9.59 Å². The minimum Gasteiger partial charge on any atom is -0.497 e. The number of methoxy groups -OCH3 is 1. The van der Waals surface area contributed by atoms with Gasteiger partial charge in [-0.25, -0.2) is 0 Å². The summed E-state index contributed by atoms with van der Waals surface area (Å²) < 4.78 is 10.1. The molecule has 0 aromatic heterocycles. The highest BCUT2D eigenvalue weighted by Gasteiger charge is 2.24. The molecule has 0 heterocycles. The Balaban J connectivity index is 1.78. The molecule has 5 heteroatoms. The molecule has 5 nitrogen and oxygen atoms in total. The quantitative estimate of drug-likeness (QED) is 0.839. The normalized spacial score (nSPS) is 14.8. The molecule has 1 aliphatic rings. The van der Waals surface area contributed by atoms with Gasteiger partial charge in [-0.15, -0.1) is 0 Å². The zero-order valence-electron chi connectivity index (χ0n) is 11.6. The first-order chi connectivity index (χ1) is 9.69. The maximum absolute atomic E-state index is 11.7. The van der Waals surface area contributed by atoms with Crippen molar-refractivity contribution in [3.63, 3.8) is 0 Å². The third kappa shape index (κ3) is 3.98. The molecule has 0 atom stereocenters. The Morgan fingerprint density at radius 3 is 2.75 bits per heavy atom. The molecule has 1 N–H and O–H groups in total. The van der Waals surface area contributed by atoms with Gasteiger partial charge in [0.2, 0.25) is 0 Å². The zero-order chi connectivity index (χ0) is 14.4. The predicted octanol–water partition coefficient (Wildman–Crippen LogP) is 2.37. The van der Waals surface area contributed by atoms with Crippen LogP contribution in [0, 0.1) is 5.92 Å². The van der Waals surface area contributed by atoms with Crippen LogP contribution < -0.4 is 10.1 Å². The summed E-state index contributed by atoms with van der Waals surface area (Å²) in [5.41, 5.74) is 0.617. The molecule has 20 heavy (non-hydrogen) atoms. The van der Waals surface area contributed by atoms with Gasteiger partial charge in [0.05, 0.1) is 13.0 Å². The second-order valence-electron chi connectivity index (χ2n) is 4.87. The van der Waals surface area contributed by atoms with Crippen LogP contribution in [0.25, 0.3) is 0 Å². The Labute approximate surface area is 118 Å². The number of ether oxygens (including phenoxy) is 2. The molecular formula is C15H19NO4. The first-order valence-corrected chi connectivity index (χ1v) is 6.79. The summed E-state index contributed by atoms with van der Waals surface area (Å²) in [6.07, 6.45) is 3.87. The topological polar surface area (TPSA) is 64.6 Å². The van der Waals surface area contributed by atoms with Gasteiger partial charge in [0.15, 0.2) is 6.61 Å². The summed E-state index contributed by atoms with van der Waals surface area (Å²) in [5.74, 6) is 0.0262. The van der Waals surface area contributed by atoms with E-state index in [4.69, 9.17) is 9.47 Å². The van der Waals surface area contributed by atoms with E-state index in [-0.39, 0.29) is 24.4 Å². The predicted molar refractivity (Wildman–Crippen MR) is 74.5 cm³/mol.